The largest absolute Gasteiger partial charge is 0.465 e. The number of nitrogens with one attached hydrogen (secondary N) is 4. The first-order valence-corrected chi connectivity index (χ1v) is 21.9. The Kier molecular flexibility index (Phi) is 13.9. The smallest absolute Gasteiger partial charge is 0.342 e. The van der Waals surface area contributed by atoms with Gasteiger partial charge in [0.15, 0.2) is 6.29 Å². The molecule has 1 unspecified atom stereocenters. The van der Waals surface area contributed by atoms with Gasteiger partial charge < -0.3 is 29.7 Å². The van der Waals surface area contributed by atoms with Gasteiger partial charge in [0, 0.05) is 57.2 Å². The molecule has 6 rings (SSSR count). The van der Waals surface area contributed by atoms with Crippen LogP contribution in [0.25, 0.3) is 29.9 Å². The standard InChI is InChI=1S/C50H64N4O6/c1-11-33-30(7)37-23-38-31(8)35(19-20-43(56)60-22-21-29(6)18-14-17-28(5)16-13-15-27(3)4)47(53-38)45-46(50(58)59-10)49(57)44-32(9)39(54-48(44)45)24-41-34(12-2)36(26-55)42(52-41)25-40(33)51-37/h11,21,23-28,31,35,47,51-54H,1,12-20,22H2,2-10H3/b29-21+,38-23-,41-24-,42-25-/t28-,31+,35+,47?/m1/s1. The number of aromatic nitrogens is 3. The van der Waals surface area contributed by atoms with E-state index >= 15 is 0 Å². The summed E-state index contributed by atoms with van der Waals surface area (Å²) in [5.41, 5.74) is 9.92. The number of rotatable bonds is 17. The quantitative estimate of drug-likeness (QED) is 0.0462. The van der Waals surface area contributed by atoms with Crippen LogP contribution in [0, 0.1) is 37.5 Å². The second-order valence-corrected chi connectivity index (χ2v) is 17.6. The predicted molar refractivity (Wildman–Crippen MR) is 240 cm³/mol. The molecule has 3 aliphatic rings. The number of carbonyl (C=O) groups is 4. The third kappa shape index (κ3) is 8.89. The summed E-state index contributed by atoms with van der Waals surface area (Å²) in [5, 5.41) is 5.13. The summed E-state index contributed by atoms with van der Waals surface area (Å²) < 4.78 is 11.0. The number of aromatic amines is 3. The Morgan fingerprint density at radius 1 is 0.917 bits per heavy atom. The Morgan fingerprint density at radius 3 is 2.32 bits per heavy atom. The molecule has 0 amide bonds. The molecule has 1 aliphatic carbocycles. The number of carbonyl (C=O) groups excluding carboxylic acids is 4. The second-order valence-electron chi connectivity index (χ2n) is 17.6. The summed E-state index contributed by atoms with van der Waals surface area (Å²) >= 11 is 0. The Bertz CT molecular complexity index is 2390. The van der Waals surface area contributed by atoms with Crippen LogP contribution in [0.4, 0.5) is 0 Å². The molecular formula is C50H64N4O6. The van der Waals surface area contributed by atoms with Crippen LogP contribution in [0.5, 0.6) is 0 Å². The van der Waals surface area contributed by atoms with Crippen molar-refractivity contribution < 1.29 is 28.7 Å². The van der Waals surface area contributed by atoms with E-state index in [0.717, 1.165) is 64.2 Å². The molecule has 3 aromatic rings. The van der Waals surface area contributed by atoms with Crippen LogP contribution in [0.3, 0.4) is 0 Å². The van der Waals surface area contributed by atoms with Crippen molar-refractivity contribution in [1.82, 2.24) is 20.3 Å². The number of hydrogen-bond acceptors (Lipinski definition) is 7. The van der Waals surface area contributed by atoms with Crippen molar-refractivity contribution in [2.75, 3.05) is 13.7 Å². The van der Waals surface area contributed by atoms with Gasteiger partial charge in [0.25, 0.3) is 0 Å². The number of methoxy groups -OCH3 is 1. The van der Waals surface area contributed by atoms with Gasteiger partial charge in [-0.15, -0.1) is 0 Å². The van der Waals surface area contributed by atoms with Gasteiger partial charge in [-0.3, -0.25) is 14.4 Å². The summed E-state index contributed by atoms with van der Waals surface area (Å²) in [7, 11) is 1.28. The number of ether oxygens (including phenoxy) is 2. The van der Waals surface area contributed by atoms with Crippen LogP contribution in [-0.2, 0) is 25.5 Å². The van der Waals surface area contributed by atoms with Gasteiger partial charge in [0.2, 0.25) is 5.78 Å². The highest BCUT2D eigenvalue weighted by molar-refractivity contribution is 6.34. The minimum atomic E-state index is -0.708. The zero-order chi connectivity index (χ0) is 43.4. The van der Waals surface area contributed by atoms with Crippen molar-refractivity contribution in [2.45, 2.75) is 119 Å². The number of hydrogen-bond donors (Lipinski definition) is 4. The van der Waals surface area contributed by atoms with E-state index in [-0.39, 0.29) is 36.4 Å². The molecule has 4 N–H and O–H groups in total. The first-order valence-electron chi connectivity index (χ1n) is 21.9. The van der Waals surface area contributed by atoms with Crippen LogP contribution < -0.4 is 16.0 Å². The second kappa shape index (κ2) is 18.9. The number of H-pyrrole nitrogens is 3. The molecule has 0 aromatic carbocycles. The molecule has 320 valence electrons. The van der Waals surface area contributed by atoms with Crippen LogP contribution in [-0.4, -0.2) is 58.7 Å². The fourth-order valence-electron chi connectivity index (χ4n) is 9.50. The van der Waals surface area contributed by atoms with Gasteiger partial charge in [-0.2, -0.15) is 0 Å². The molecule has 0 spiro atoms. The fourth-order valence-corrected chi connectivity index (χ4v) is 9.50. The summed E-state index contributed by atoms with van der Waals surface area (Å²) in [4.78, 5) is 64.4. The Morgan fingerprint density at radius 2 is 1.63 bits per heavy atom. The summed E-state index contributed by atoms with van der Waals surface area (Å²) in [6, 6.07) is -0.516. The molecule has 60 heavy (non-hydrogen) atoms. The lowest BCUT2D eigenvalue weighted by Gasteiger charge is -2.23. The molecule has 10 nitrogen and oxygen atoms in total. The van der Waals surface area contributed by atoms with E-state index in [9.17, 15) is 19.2 Å². The summed E-state index contributed by atoms with van der Waals surface area (Å²) in [5.74, 6) is -0.239. The lowest BCUT2D eigenvalue weighted by Crippen LogP contribution is -2.31. The van der Waals surface area contributed by atoms with Crippen molar-refractivity contribution in [3.8, 4) is 0 Å². The number of allylic oxidation sites excluding steroid dienone is 2. The van der Waals surface area contributed by atoms with E-state index < -0.39 is 17.8 Å². The van der Waals surface area contributed by atoms with Crippen LogP contribution >= 0.6 is 0 Å². The van der Waals surface area contributed by atoms with E-state index in [0.29, 0.717) is 57.8 Å². The fraction of sp³-hybridized carbons (Fsp3) is 0.480. The average molecular weight is 817 g/mol. The van der Waals surface area contributed by atoms with Crippen LogP contribution in [0.15, 0.2) is 29.5 Å². The number of ketones is 1. The van der Waals surface area contributed by atoms with E-state index in [1.807, 2.05) is 45.1 Å². The Balaban J connectivity index is 1.33. The maximum atomic E-state index is 14.3. The first-order chi connectivity index (χ1) is 28.7. The van der Waals surface area contributed by atoms with Crippen molar-refractivity contribution in [3.63, 3.8) is 0 Å². The lowest BCUT2D eigenvalue weighted by molar-refractivity contribution is -0.142. The normalized spacial score (nSPS) is 20.8. The van der Waals surface area contributed by atoms with Gasteiger partial charge in [-0.1, -0.05) is 78.5 Å². The van der Waals surface area contributed by atoms with E-state index in [1.54, 1.807) is 0 Å². The minimum Gasteiger partial charge on any atom is -0.465 e. The van der Waals surface area contributed by atoms with Crippen molar-refractivity contribution in [3.05, 3.63) is 96.4 Å². The van der Waals surface area contributed by atoms with Crippen molar-refractivity contribution in [2.24, 2.45) is 23.7 Å². The van der Waals surface area contributed by atoms with Gasteiger partial charge in [-0.25, -0.2) is 4.79 Å². The maximum Gasteiger partial charge on any atom is 0.342 e. The summed E-state index contributed by atoms with van der Waals surface area (Å²) in [6.45, 7) is 21.3. The molecule has 2 aliphatic heterocycles. The lowest BCUT2D eigenvalue weighted by atomic mass is 9.82. The highest BCUT2D eigenvalue weighted by Crippen LogP contribution is 2.46. The minimum absolute atomic E-state index is 0.0138. The third-order valence-electron chi connectivity index (χ3n) is 13.1. The molecule has 0 saturated carbocycles. The number of Topliss-reactive ketones (excluding diaryl/α,β-unsaturated/α-hetero) is 1. The Hall–Kier alpha value is -5.38. The highest BCUT2D eigenvalue weighted by Gasteiger charge is 2.47. The van der Waals surface area contributed by atoms with Gasteiger partial charge in [0.05, 0.1) is 29.8 Å². The van der Waals surface area contributed by atoms with Gasteiger partial charge in [-0.05, 0) is 105 Å². The monoisotopic (exact) mass is 816 g/mol. The van der Waals surface area contributed by atoms with Crippen LogP contribution in [0.2, 0.25) is 0 Å². The van der Waals surface area contributed by atoms with Crippen LogP contribution in [0.1, 0.15) is 159 Å². The number of esters is 2. The highest BCUT2D eigenvalue weighted by atomic mass is 16.5. The van der Waals surface area contributed by atoms with Gasteiger partial charge >= 0.3 is 11.9 Å². The van der Waals surface area contributed by atoms with E-state index in [1.165, 1.54) is 38.4 Å². The topological polar surface area (TPSA) is 146 Å². The van der Waals surface area contributed by atoms with E-state index in [4.69, 9.17) is 9.47 Å². The molecule has 0 radical (unpaired) electrons. The van der Waals surface area contributed by atoms with Crippen molar-refractivity contribution >= 4 is 53.9 Å². The molecule has 1 fully saturated rings. The molecule has 3 aromatic heterocycles. The van der Waals surface area contributed by atoms with Crippen molar-refractivity contribution in [1.29, 1.82) is 0 Å². The molecular weight excluding hydrogens is 753 g/mol. The SMILES string of the molecule is C=Cc1c2[nH]c(c1C)/C=C1\NC(C3=C(C(=O)OC)C(=O)c4c3[nH]c(c4C)/C=c3\[nH]/c(c(C=O)c3CC)=C\2)[C@@H](CCC(=O)OC/C=C(\C)CCC[C@H](C)CCCC(C)C)[C@@H]1C. The third-order valence-corrected chi connectivity index (χ3v) is 13.1. The summed E-state index contributed by atoms with van der Waals surface area (Å²) in [6.07, 6.45) is 19.0. The Labute approximate surface area is 354 Å². The number of aldehydes is 1. The molecule has 8 bridgehead atoms. The van der Waals surface area contributed by atoms with E-state index in [2.05, 4.69) is 67.5 Å². The predicted octanol–water partition coefficient (Wildman–Crippen LogP) is 8.57. The molecule has 5 heterocycles. The average Bonchev–Trinajstić information content (AvgIpc) is 3.96. The van der Waals surface area contributed by atoms with Gasteiger partial charge in [0.1, 0.15) is 12.2 Å². The molecule has 10 heteroatoms. The molecule has 1 saturated heterocycles. The zero-order valence-corrected chi connectivity index (χ0v) is 37.1. The zero-order valence-electron chi connectivity index (χ0n) is 37.1. The number of fused-ring (bicyclic) bond motifs is 8. The molecule has 4 atom stereocenters. The maximum absolute atomic E-state index is 14.3. The first kappa shape index (κ1) is 44.2.